The fraction of sp³-hybridized carbons (Fsp3) is 0.286. The van der Waals surface area contributed by atoms with E-state index in [9.17, 15) is 0 Å². The van der Waals surface area contributed by atoms with Crippen LogP contribution in [0.1, 0.15) is 12.8 Å². The highest BCUT2D eigenvalue weighted by atomic mass is 16.5. The lowest BCUT2D eigenvalue weighted by molar-refractivity contribution is 0.412. The Bertz CT molecular complexity index is 896. The van der Waals surface area contributed by atoms with Gasteiger partial charge in [0, 0.05) is 30.5 Å². The Hall–Kier alpha value is -3.19. The first-order chi connectivity index (χ1) is 13.8. The summed E-state index contributed by atoms with van der Waals surface area (Å²) in [6.07, 6.45) is 7.59. The zero-order valence-corrected chi connectivity index (χ0v) is 15.8. The highest BCUT2D eigenvalue weighted by molar-refractivity contribution is 5.60. The minimum atomic E-state index is 0.435. The number of anilines is 1. The molecule has 0 bridgehead atoms. The van der Waals surface area contributed by atoms with Gasteiger partial charge in [-0.1, -0.05) is 0 Å². The molecule has 28 heavy (non-hydrogen) atoms. The Morgan fingerprint density at radius 2 is 2.00 bits per heavy atom. The van der Waals surface area contributed by atoms with E-state index in [1.807, 2.05) is 36.4 Å². The summed E-state index contributed by atoms with van der Waals surface area (Å²) in [5, 5.41) is 6.85. The maximum atomic E-state index is 6.05. The van der Waals surface area contributed by atoms with E-state index >= 15 is 0 Å². The third-order valence-electron chi connectivity index (χ3n) is 4.65. The molecule has 144 valence electrons. The van der Waals surface area contributed by atoms with Gasteiger partial charge in [-0.2, -0.15) is 0 Å². The van der Waals surface area contributed by atoms with Crippen molar-refractivity contribution in [2.75, 3.05) is 25.5 Å². The summed E-state index contributed by atoms with van der Waals surface area (Å²) >= 11 is 0. The largest absolute Gasteiger partial charge is 0.497 e. The summed E-state index contributed by atoms with van der Waals surface area (Å²) in [6, 6.07) is 11.7. The molecule has 1 aliphatic rings. The number of rotatable bonds is 7. The minimum absolute atomic E-state index is 0.435. The summed E-state index contributed by atoms with van der Waals surface area (Å²) in [4.78, 5) is 13.4. The van der Waals surface area contributed by atoms with E-state index in [4.69, 9.17) is 9.47 Å². The molecule has 7 heteroatoms. The summed E-state index contributed by atoms with van der Waals surface area (Å²) < 4.78 is 11.3. The van der Waals surface area contributed by atoms with Crippen molar-refractivity contribution in [1.82, 2.24) is 20.3 Å². The van der Waals surface area contributed by atoms with Gasteiger partial charge >= 0.3 is 0 Å². The van der Waals surface area contributed by atoms with Gasteiger partial charge in [-0.3, -0.25) is 4.98 Å². The second kappa shape index (κ2) is 8.67. The Morgan fingerprint density at radius 3 is 2.71 bits per heavy atom. The molecule has 0 unspecified atom stereocenters. The fourth-order valence-corrected chi connectivity index (χ4v) is 3.12. The number of nitrogens with zero attached hydrogens (tertiary/aromatic N) is 3. The molecular formula is C21H23N5O2. The van der Waals surface area contributed by atoms with E-state index in [2.05, 4.69) is 25.6 Å². The van der Waals surface area contributed by atoms with Crippen molar-refractivity contribution in [3.63, 3.8) is 0 Å². The van der Waals surface area contributed by atoms with Gasteiger partial charge in [-0.15, -0.1) is 0 Å². The van der Waals surface area contributed by atoms with Gasteiger partial charge in [0.2, 0.25) is 0 Å². The van der Waals surface area contributed by atoms with E-state index in [1.54, 1.807) is 25.7 Å². The normalized spacial score (nSPS) is 16.0. The first-order valence-corrected chi connectivity index (χ1v) is 9.38. The van der Waals surface area contributed by atoms with Crippen molar-refractivity contribution in [2.24, 2.45) is 0 Å². The Balaban J connectivity index is 1.59. The van der Waals surface area contributed by atoms with Gasteiger partial charge in [0.05, 0.1) is 19.0 Å². The molecule has 3 heterocycles. The first kappa shape index (κ1) is 18.2. The van der Waals surface area contributed by atoms with Gasteiger partial charge in [-0.05, 0) is 55.8 Å². The van der Waals surface area contributed by atoms with Gasteiger partial charge < -0.3 is 20.1 Å². The molecular weight excluding hydrogens is 354 g/mol. The molecule has 0 spiro atoms. The van der Waals surface area contributed by atoms with Crippen molar-refractivity contribution in [2.45, 2.75) is 18.9 Å². The summed E-state index contributed by atoms with van der Waals surface area (Å²) in [7, 11) is 1.64. The number of methoxy groups -OCH3 is 1. The van der Waals surface area contributed by atoms with Crippen LogP contribution in [0.2, 0.25) is 0 Å². The van der Waals surface area contributed by atoms with Crippen LogP contribution in [-0.4, -0.2) is 41.2 Å². The van der Waals surface area contributed by atoms with Crippen LogP contribution >= 0.6 is 0 Å². The Labute approximate surface area is 164 Å². The lowest BCUT2D eigenvalue weighted by Gasteiger charge is -2.15. The number of hydrogen-bond acceptors (Lipinski definition) is 7. The Morgan fingerprint density at radius 1 is 1.14 bits per heavy atom. The molecule has 0 amide bonds. The van der Waals surface area contributed by atoms with Crippen molar-refractivity contribution in [3.8, 4) is 28.6 Å². The van der Waals surface area contributed by atoms with E-state index in [-0.39, 0.29) is 0 Å². The molecule has 1 atom stereocenters. The lowest BCUT2D eigenvalue weighted by Crippen LogP contribution is -2.29. The average molecular weight is 377 g/mol. The highest BCUT2D eigenvalue weighted by Gasteiger charge is 2.17. The number of pyridine rings is 1. The summed E-state index contributed by atoms with van der Waals surface area (Å²) in [5.41, 5.74) is 1.60. The second-order valence-corrected chi connectivity index (χ2v) is 6.60. The van der Waals surface area contributed by atoms with Gasteiger partial charge in [0.1, 0.15) is 11.5 Å². The second-order valence-electron chi connectivity index (χ2n) is 6.60. The molecule has 0 aliphatic carbocycles. The maximum Gasteiger partial charge on any atom is 0.263 e. The van der Waals surface area contributed by atoms with E-state index in [0.29, 0.717) is 29.2 Å². The predicted molar refractivity (Wildman–Crippen MR) is 108 cm³/mol. The van der Waals surface area contributed by atoms with Crippen molar-refractivity contribution in [1.29, 1.82) is 0 Å². The molecule has 2 N–H and O–H groups in total. The zero-order chi connectivity index (χ0) is 19.2. The van der Waals surface area contributed by atoms with Crippen LogP contribution in [0.4, 0.5) is 5.82 Å². The topological polar surface area (TPSA) is 81.2 Å². The third-order valence-corrected chi connectivity index (χ3v) is 4.65. The van der Waals surface area contributed by atoms with Crippen molar-refractivity contribution < 1.29 is 9.47 Å². The Kier molecular flexibility index (Phi) is 5.63. The monoisotopic (exact) mass is 377 g/mol. The molecule has 0 radical (unpaired) electrons. The van der Waals surface area contributed by atoms with Gasteiger partial charge in [-0.25, -0.2) is 9.97 Å². The molecule has 7 nitrogen and oxygen atoms in total. The standard InChI is InChI=1S/C21H23N5O2/c1-27-17-6-8-18(9-7-17)28-21-20(24-13-16-5-3-11-23-16)25-14-19(26-21)15-4-2-10-22-12-15/h2,4,6-10,12,14,16,23H,3,5,11,13H2,1H3,(H,24,25)/t16-/m0/s1. The number of aromatic nitrogens is 3. The zero-order valence-electron chi connectivity index (χ0n) is 15.8. The van der Waals surface area contributed by atoms with Crippen LogP contribution in [0, 0.1) is 0 Å². The third kappa shape index (κ3) is 4.37. The van der Waals surface area contributed by atoms with Crippen LogP contribution in [0.25, 0.3) is 11.3 Å². The van der Waals surface area contributed by atoms with Crippen LogP contribution in [0.3, 0.4) is 0 Å². The predicted octanol–water partition coefficient (Wildman–Crippen LogP) is 3.50. The molecule has 4 rings (SSSR count). The number of ether oxygens (including phenoxy) is 2. The SMILES string of the molecule is COc1ccc(Oc2nc(-c3cccnc3)cnc2NC[C@@H]2CCCN2)cc1. The van der Waals surface area contributed by atoms with Crippen LogP contribution in [0.5, 0.6) is 17.4 Å². The number of hydrogen-bond donors (Lipinski definition) is 2. The van der Waals surface area contributed by atoms with Crippen LogP contribution in [0.15, 0.2) is 55.0 Å². The summed E-state index contributed by atoms with van der Waals surface area (Å²) in [5.74, 6) is 2.50. The van der Waals surface area contributed by atoms with Crippen molar-refractivity contribution in [3.05, 3.63) is 55.0 Å². The summed E-state index contributed by atoms with van der Waals surface area (Å²) in [6.45, 7) is 1.84. The van der Waals surface area contributed by atoms with Gasteiger partial charge in [0.15, 0.2) is 5.82 Å². The fourth-order valence-electron chi connectivity index (χ4n) is 3.12. The smallest absolute Gasteiger partial charge is 0.263 e. The van der Waals surface area contributed by atoms with Crippen molar-refractivity contribution >= 4 is 5.82 Å². The van der Waals surface area contributed by atoms with Gasteiger partial charge in [0.25, 0.3) is 5.88 Å². The van der Waals surface area contributed by atoms with E-state index in [0.717, 1.165) is 30.8 Å². The average Bonchev–Trinajstić information content (AvgIpc) is 3.28. The first-order valence-electron chi connectivity index (χ1n) is 9.38. The molecule has 1 fully saturated rings. The quantitative estimate of drug-likeness (QED) is 0.652. The molecule has 3 aromatic rings. The minimum Gasteiger partial charge on any atom is -0.497 e. The molecule has 1 aliphatic heterocycles. The molecule has 1 saturated heterocycles. The van der Waals surface area contributed by atoms with E-state index < -0.39 is 0 Å². The maximum absolute atomic E-state index is 6.05. The number of benzene rings is 1. The molecule has 0 saturated carbocycles. The lowest BCUT2D eigenvalue weighted by atomic mass is 10.2. The number of nitrogens with one attached hydrogen (secondary N) is 2. The molecule has 1 aromatic carbocycles. The van der Waals surface area contributed by atoms with E-state index in [1.165, 1.54) is 6.42 Å². The van der Waals surface area contributed by atoms with Crippen LogP contribution < -0.4 is 20.1 Å². The molecule has 2 aromatic heterocycles. The van der Waals surface area contributed by atoms with Crippen LogP contribution in [-0.2, 0) is 0 Å². The highest BCUT2D eigenvalue weighted by Crippen LogP contribution is 2.29.